The van der Waals surface area contributed by atoms with Gasteiger partial charge in [-0.15, -0.1) is 0 Å². The number of hydrogen-bond donors (Lipinski definition) is 0. The van der Waals surface area contributed by atoms with E-state index in [2.05, 4.69) is 9.97 Å². The van der Waals surface area contributed by atoms with Crippen LogP contribution in [0.4, 0.5) is 13.2 Å². The van der Waals surface area contributed by atoms with Crippen LogP contribution < -0.4 is 9.47 Å². The molecule has 0 aliphatic heterocycles. The van der Waals surface area contributed by atoms with Crippen LogP contribution in [0.5, 0.6) is 11.5 Å². The van der Waals surface area contributed by atoms with Crippen molar-refractivity contribution >= 4 is 23.2 Å². The average molecular weight is 453 g/mol. The topological polar surface area (TPSA) is 49.2 Å². The molecular formula is C25H22F3N3O2. The number of pyridine rings is 1. The molecule has 0 fully saturated rings. The Kier molecular flexibility index (Phi) is 6.09. The summed E-state index contributed by atoms with van der Waals surface area (Å²) in [6.07, 6.45) is -0.0726. The van der Waals surface area contributed by atoms with Crippen molar-refractivity contribution in [3.63, 3.8) is 0 Å². The minimum atomic E-state index is -4.45. The number of imidazole rings is 1. The molecule has 2 aromatic heterocycles. The van der Waals surface area contributed by atoms with Gasteiger partial charge in [0.1, 0.15) is 11.6 Å². The number of aromatic nitrogens is 3. The summed E-state index contributed by atoms with van der Waals surface area (Å²) >= 11 is 0. The summed E-state index contributed by atoms with van der Waals surface area (Å²) in [5, 5.41) is 0. The second-order valence-electron chi connectivity index (χ2n) is 7.58. The smallest absolute Gasteiger partial charge is 0.417 e. The molecule has 0 N–H and O–H groups in total. The summed E-state index contributed by atoms with van der Waals surface area (Å²) in [5.41, 5.74) is 1.40. The number of para-hydroxylation sites is 3. The number of methoxy groups -OCH3 is 1. The first-order valence-corrected chi connectivity index (χ1v) is 10.3. The number of nitrogens with zero attached hydrogens (tertiary/aromatic N) is 3. The van der Waals surface area contributed by atoms with E-state index in [0.29, 0.717) is 28.7 Å². The van der Waals surface area contributed by atoms with Crippen molar-refractivity contribution < 1.29 is 22.6 Å². The van der Waals surface area contributed by atoms with Crippen LogP contribution in [0, 0.1) is 0 Å². The largest absolute Gasteiger partial charge is 0.493 e. The van der Waals surface area contributed by atoms with E-state index in [1.165, 1.54) is 6.07 Å². The Morgan fingerprint density at radius 3 is 2.42 bits per heavy atom. The second-order valence-corrected chi connectivity index (χ2v) is 7.58. The molecule has 170 valence electrons. The van der Waals surface area contributed by atoms with Crippen molar-refractivity contribution in [2.24, 2.45) is 0 Å². The van der Waals surface area contributed by atoms with Gasteiger partial charge in [0.25, 0.3) is 0 Å². The van der Waals surface area contributed by atoms with Crippen LogP contribution in [0.25, 0.3) is 29.0 Å². The Labute approximate surface area is 189 Å². The highest BCUT2D eigenvalue weighted by molar-refractivity contribution is 5.82. The van der Waals surface area contributed by atoms with Crippen LogP contribution in [0.1, 0.15) is 30.8 Å². The van der Waals surface area contributed by atoms with Gasteiger partial charge in [-0.05, 0) is 56.3 Å². The molecule has 0 radical (unpaired) electrons. The molecule has 5 nitrogen and oxygen atoms in total. The highest BCUT2D eigenvalue weighted by atomic mass is 19.4. The predicted molar refractivity (Wildman–Crippen MR) is 122 cm³/mol. The maximum Gasteiger partial charge on any atom is 0.417 e. The lowest BCUT2D eigenvalue weighted by Crippen LogP contribution is -2.08. The van der Waals surface area contributed by atoms with E-state index in [1.807, 2.05) is 62.4 Å². The maximum absolute atomic E-state index is 13.0. The monoisotopic (exact) mass is 453 g/mol. The van der Waals surface area contributed by atoms with Gasteiger partial charge in [-0.2, -0.15) is 13.2 Å². The summed E-state index contributed by atoms with van der Waals surface area (Å²) in [7, 11) is 1.58. The Hall–Kier alpha value is -3.81. The SMILES string of the molecule is COc1cccc(C=Cc2nc3ccccc3n2-c2ccc(C(F)(F)F)cn2)c1OC(C)C. The molecule has 0 spiro atoms. The molecule has 2 aromatic carbocycles. The van der Waals surface area contributed by atoms with E-state index in [1.54, 1.807) is 17.8 Å². The number of alkyl halides is 3. The molecule has 0 amide bonds. The zero-order chi connectivity index (χ0) is 23.6. The van der Waals surface area contributed by atoms with Gasteiger partial charge in [0, 0.05) is 11.8 Å². The van der Waals surface area contributed by atoms with Crippen molar-refractivity contribution in [2.75, 3.05) is 7.11 Å². The fourth-order valence-corrected chi connectivity index (χ4v) is 3.43. The van der Waals surface area contributed by atoms with Crippen molar-refractivity contribution in [3.05, 3.63) is 77.7 Å². The number of hydrogen-bond acceptors (Lipinski definition) is 4. The van der Waals surface area contributed by atoms with E-state index >= 15 is 0 Å². The molecule has 4 rings (SSSR count). The van der Waals surface area contributed by atoms with Crippen LogP contribution in [-0.4, -0.2) is 27.7 Å². The molecule has 0 aliphatic carbocycles. The van der Waals surface area contributed by atoms with Gasteiger partial charge in [0.2, 0.25) is 0 Å². The van der Waals surface area contributed by atoms with Gasteiger partial charge in [-0.25, -0.2) is 9.97 Å². The lowest BCUT2D eigenvalue weighted by atomic mass is 10.1. The number of halogens is 3. The van der Waals surface area contributed by atoms with Crippen molar-refractivity contribution in [3.8, 4) is 17.3 Å². The molecule has 2 heterocycles. The third kappa shape index (κ3) is 4.69. The van der Waals surface area contributed by atoms with Gasteiger partial charge in [0.15, 0.2) is 11.5 Å². The number of ether oxygens (including phenoxy) is 2. The highest BCUT2D eigenvalue weighted by Gasteiger charge is 2.30. The quantitative estimate of drug-likeness (QED) is 0.339. The van der Waals surface area contributed by atoms with E-state index in [0.717, 1.165) is 23.3 Å². The van der Waals surface area contributed by atoms with Gasteiger partial charge < -0.3 is 9.47 Å². The Morgan fingerprint density at radius 2 is 1.76 bits per heavy atom. The number of rotatable bonds is 6. The Balaban J connectivity index is 1.81. The second kappa shape index (κ2) is 8.97. The molecule has 0 saturated carbocycles. The molecular weight excluding hydrogens is 431 g/mol. The van der Waals surface area contributed by atoms with Gasteiger partial charge in [-0.1, -0.05) is 24.3 Å². The molecule has 0 atom stereocenters. The molecule has 0 bridgehead atoms. The van der Waals surface area contributed by atoms with Gasteiger partial charge >= 0.3 is 6.18 Å². The third-order valence-corrected chi connectivity index (χ3v) is 4.89. The van der Waals surface area contributed by atoms with Crippen LogP contribution in [0.2, 0.25) is 0 Å². The van der Waals surface area contributed by atoms with Crippen molar-refractivity contribution in [1.29, 1.82) is 0 Å². The first kappa shape index (κ1) is 22.4. The summed E-state index contributed by atoms with van der Waals surface area (Å²) < 4.78 is 52.1. The lowest BCUT2D eigenvalue weighted by molar-refractivity contribution is -0.137. The standard InChI is InChI=1S/C25H22F3N3O2/c1-16(2)33-24-17(7-6-10-21(24)32-3)11-13-23-30-19-8-4-5-9-20(19)31(23)22-14-12-18(15-29-22)25(26,27)28/h4-16H,1-3H3. The fraction of sp³-hybridized carbons (Fsp3) is 0.200. The summed E-state index contributed by atoms with van der Waals surface area (Å²) in [6.45, 7) is 3.85. The maximum atomic E-state index is 13.0. The number of benzene rings is 2. The molecule has 0 aliphatic rings. The Bertz CT molecular complexity index is 1290. The first-order valence-electron chi connectivity index (χ1n) is 10.3. The summed E-state index contributed by atoms with van der Waals surface area (Å²) in [5.74, 6) is 2.05. The summed E-state index contributed by atoms with van der Waals surface area (Å²) in [4.78, 5) is 8.71. The number of fused-ring (bicyclic) bond motifs is 1. The summed E-state index contributed by atoms with van der Waals surface area (Å²) in [6, 6.07) is 15.3. The van der Waals surface area contributed by atoms with E-state index in [-0.39, 0.29) is 6.10 Å². The predicted octanol–water partition coefficient (Wildman–Crippen LogP) is 6.41. The Morgan fingerprint density at radius 1 is 0.970 bits per heavy atom. The van der Waals surface area contributed by atoms with Crippen LogP contribution in [0.3, 0.4) is 0 Å². The zero-order valence-electron chi connectivity index (χ0n) is 18.3. The van der Waals surface area contributed by atoms with Crippen molar-refractivity contribution in [2.45, 2.75) is 26.1 Å². The van der Waals surface area contributed by atoms with E-state index in [4.69, 9.17) is 9.47 Å². The van der Waals surface area contributed by atoms with Crippen molar-refractivity contribution in [1.82, 2.24) is 14.5 Å². The third-order valence-electron chi connectivity index (χ3n) is 4.89. The van der Waals surface area contributed by atoms with Gasteiger partial charge in [-0.3, -0.25) is 4.57 Å². The van der Waals surface area contributed by atoms with Crippen LogP contribution in [0.15, 0.2) is 60.8 Å². The van der Waals surface area contributed by atoms with Gasteiger partial charge in [0.05, 0.1) is 29.8 Å². The van der Waals surface area contributed by atoms with E-state index in [9.17, 15) is 13.2 Å². The van der Waals surface area contributed by atoms with Crippen LogP contribution in [-0.2, 0) is 6.18 Å². The minimum absolute atomic E-state index is 0.0608. The normalized spacial score (nSPS) is 12.1. The lowest BCUT2D eigenvalue weighted by Gasteiger charge is -2.15. The first-order chi connectivity index (χ1) is 15.8. The highest BCUT2D eigenvalue weighted by Crippen LogP contribution is 2.34. The van der Waals surface area contributed by atoms with E-state index < -0.39 is 11.7 Å². The molecule has 0 unspecified atom stereocenters. The molecule has 4 aromatic rings. The van der Waals surface area contributed by atoms with Crippen LogP contribution >= 0.6 is 0 Å². The fourth-order valence-electron chi connectivity index (χ4n) is 3.43. The minimum Gasteiger partial charge on any atom is -0.493 e. The molecule has 0 saturated heterocycles. The molecule has 33 heavy (non-hydrogen) atoms. The zero-order valence-corrected chi connectivity index (χ0v) is 18.3. The molecule has 8 heteroatoms. The average Bonchev–Trinajstić information content (AvgIpc) is 3.16.